The van der Waals surface area contributed by atoms with Crippen LogP contribution in [0.1, 0.15) is 28.4 Å². The first-order chi connectivity index (χ1) is 9.60. The van der Waals surface area contributed by atoms with Crippen LogP contribution in [-0.2, 0) is 0 Å². The second-order valence-electron chi connectivity index (χ2n) is 4.14. The van der Waals surface area contributed by atoms with E-state index >= 15 is 0 Å². The fraction of sp³-hybridized carbons (Fsp3) is 0.0625. The molecule has 0 bridgehead atoms. The lowest BCUT2D eigenvalue weighted by Gasteiger charge is -1.99. The Labute approximate surface area is 115 Å². The summed E-state index contributed by atoms with van der Waals surface area (Å²) in [7, 11) is 0. The smallest absolute Gasteiger partial charge is 0.159 e. The molecule has 3 nitrogen and oxygen atoms in total. The van der Waals surface area contributed by atoms with Crippen LogP contribution in [0.2, 0.25) is 0 Å². The third kappa shape index (κ3) is 3.15. The summed E-state index contributed by atoms with van der Waals surface area (Å²) in [6.45, 7) is 1.43. The minimum atomic E-state index is -0.343. The molecule has 0 amide bonds. The number of nitrogens with zero attached hydrogens (tertiary/aromatic N) is 1. The van der Waals surface area contributed by atoms with E-state index in [1.54, 1.807) is 0 Å². The molecule has 98 valence electrons. The lowest BCUT2D eigenvalue weighted by molar-refractivity contribution is 0.101. The van der Waals surface area contributed by atoms with Crippen molar-refractivity contribution in [1.82, 2.24) is 0 Å². The zero-order chi connectivity index (χ0) is 14.5. The second-order valence-corrected chi connectivity index (χ2v) is 4.14. The molecule has 0 N–H and O–H groups in total. The highest BCUT2D eigenvalue weighted by molar-refractivity contribution is 5.95. The average Bonchev–Trinajstić information content (AvgIpc) is 2.46. The molecule has 0 saturated carbocycles. The normalized spacial score (nSPS) is 9.50. The Balaban J connectivity index is 2.42. The van der Waals surface area contributed by atoms with Gasteiger partial charge in [0.15, 0.2) is 5.78 Å². The van der Waals surface area contributed by atoms with Crippen molar-refractivity contribution in [2.24, 2.45) is 5.18 Å². The van der Waals surface area contributed by atoms with Crippen molar-refractivity contribution in [3.8, 4) is 11.8 Å². The zero-order valence-corrected chi connectivity index (χ0v) is 10.7. The molecule has 0 heterocycles. The summed E-state index contributed by atoms with van der Waals surface area (Å²) in [5, 5.41) is 2.87. The van der Waals surface area contributed by atoms with E-state index in [0.717, 1.165) is 0 Å². The van der Waals surface area contributed by atoms with E-state index in [-0.39, 0.29) is 17.3 Å². The number of carbonyl (C=O) groups excluding carboxylic acids is 1. The number of carbonyl (C=O) groups is 1. The Morgan fingerprint density at radius 1 is 1.10 bits per heavy atom. The van der Waals surface area contributed by atoms with Gasteiger partial charge in [0.05, 0.1) is 5.56 Å². The highest BCUT2D eigenvalue weighted by atomic mass is 19.1. The van der Waals surface area contributed by atoms with Crippen molar-refractivity contribution in [1.29, 1.82) is 0 Å². The van der Waals surface area contributed by atoms with Gasteiger partial charge in [-0.15, -0.1) is 4.91 Å². The summed E-state index contributed by atoms with van der Waals surface area (Å²) in [6.07, 6.45) is 0. The molecular formula is C16H10FNO2. The maximum atomic E-state index is 12.8. The van der Waals surface area contributed by atoms with Crippen molar-refractivity contribution in [2.75, 3.05) is 0 Å². The summed E-state index contributed by atoms with van der Waals surface area (Å²) < 4.78 is 12.8. The average molecular weight is 267 g/mol. The fourth-order valence-electron chi connectivity index (χ4n) is 1.61. The summed E-state index contributed by atoms with van der Waals surface area (Å²) in [4.78, 5) is 22.0. The van der Waals surface area contributed by atoms with E-state index in [0.29, 0.717) is 16.7 Å². The first-order valence-corrected chi connectivity index (χ1v) is 5.86. The van der Waals surface area contributed by atoms with Gasteiger partial charge in [0.1, 0.15) is 11.5 Å². The van der Waals surface area contributed by atoms with Crippen molar-refractivity contribution in [2.45, 2.75) is 6.92 Å². The molecule has 0 atom stereocenters. The van der Waals surface area contributed by atoms with E-state index in [9.17, 15) is 14.1 Å². The van der Waals surface area contributed by atoms with Crippen LogP contribution < -0.4 is 0 Å². The summed E-state index contributed by atoms with van der Waals surface area (Å²) in [5.74, 6) is 5.12. The molecule has 0 aliphatic carbocycles. The maximum absolute atomic E-state index is 12.8. The van der Waals surface area contributed by atoms with Crippen molar-refractivity contribution < 1.29 is 9.18 Å². The predicted octanol–water partition coefficient (Wildman–Crippen LogP) is 3.83. The number of nitroso groups, excluding NO2 is 1. The van der Waals surface area contributed by atoms with Gasteiger partial charge in [-0.1, -0.05) is 11.8 Å². The van der Waals surface area contributed by atoms with Crippen molar-refractivity contribution >= 4 is 11.5 Å². The van der Waals surface area contributed by atoms with Crippen LogP contribution >= 0.6 is 0 Å². The van der Waals surface area contributed by atoms with Crippen LogP contribution in [0.25, 0.3) is 0 Å². The van der Waals surface area contributed by atoms with Gasteiger partial charge in [0.2, 0.25) is 0 Å². The highest BCUT2D eigenvalue weighted by Gasteiger charge is 2.05. The molecule has 0 aliphatic rings. The molecular weight excluding hydrogens is 257 g/mol. The fourth-order valence-corrected chi connectivity index (χ4v) is 1.61. The zero-order valence-electron chi connectivity index (χ0n) is 10.7. The molecule has 4 heteroatoms. The van der Waals surface area contributed by atoms with E-state index in [4.69, 9.17) is 0 Å². The van der Waals surface area contributed by atoms with Gasteiger partial charge < -0.3 is 0 Å². The maximum Gasteiger partial charge on any atom is 0.159 e. The molecule has 2 rings (SSSR count). The molecule has 0 aliphatic heterocycles. The van der Waals surface area contributed by atoms with E-state index < -0.39 is 0 Å². The van der Waals surface area contributed by atoms with Crippen LogP contribution in [0.4, 0.5) is 10.1 Å². The number of hydrogen-bond donors (Lipinski definition) is 0. The number of halogens is 1. The van der Waals surface area contributed by atoms with Crippen LogP contribution in [0.3, 0.4) is 0 Å². The van der Waals surface area contributed by atoms with Gasteiger partial charge in [0.25, 0.3) is 0 Å². The summed E-state index contributed by atoms with van der Waals surface area (Å²) in [6, 6.07) is 10.2. The molecule has 0 radical (unpaired) electrons. The number of hydrogen-bond acceptors (Lipinski definition) is 3. The van der Waals surface area contributed by atoms with E-state index in [1.165, 1.54) is 49.4 Å². The number of Topliss-reactive ketones (excluding diaryl/α,β-unsaturated/α-hetero) is 1. The third-order valence-corrected chi connectivity index (χ3v) is 2.69. The largest absolute Gasteiger partial charge is 0.295 e. The molecule has 20 heavy (non-hydrogen) atoms. The molecule has 0 spiro atoms. The SMILES string of the molecule is CC(=O)c1ccc(N=O)c(C#Cc2ccc(F)cc2)c1. The Morgan fingerprint density at radius 3 is 2.40 bits per heavy atom. The number of ketones is 1. The van der Waals surface area contributed by atoms with Crippen LogP contribution in [0.15, 0.2) is 47.6 Å². The van der Waals surface area contributed by atoms with Crippen LogP contribution in [0, 0.1) is 22.6 Å². The minimum Gasteiger partial charge on any atom is -0.295 e. The van der Waals surface area contributed by atoms with Crippen LogP contribution in [-0.4, -0.2) is 5.78 Å². The molecule has 0 unspecified atom stereocenters. The van der Waals surface area contributed by atoms with Gasteiger partial charge in [-0.2, -0.15) is 0 Å². The summed E-state index contributed by atoms with van der Waals surface area (Å²) in [5.41, 5.74) is 1.61. The van der Waals surface area contributed by atoms with Gasteiger partial charge in [-0.3, -0.25) is 4.79 Å². The minimum absolute atomic E-state index is 0.118. The monoisotopic (exact) mass is 267 g/mol. The second kappa shape index (κ2) is 5.89. The molecule has 0 saturated heterocycles. The molecule has 0 aromatic heterocycles. The molecule has 0 fully saturated rings. The first kappa shape index (κ1) is 13.6. The van der Waals surface area contributed by atoms with Gasteiger partial charge in [0, 0.05) is 11.1 Å². The standard InChI is InChI=1S/C16H10FNO2/c1-11(19)13-6-9-16(18-20)14(10-13)5-2-12-3-7-15(17)8-4-12/h3-4,6-10H,1H3. The third-order valence-electron chi connectivity index (χ3n) is 2.69. The van der Waals surface area contributed by atoms with Crippen molar-refractivity contribution in [3.63, 3.8) is 0 Å². The first-order valence-electron chi connectivity index (χ1n) is 5.86. The van der Waals surface area contributed by atoms with E-state index in [1.807, 2.05) is 0 Å². The lowest BCUT2D eigenvalue weighted by atomic mass is 10.1. The number of rotatable bonds is 2. The van der Waals surface area contributed by atoms with Gasteiger partial charge in [-0.05, 0) is 54.6 Å². The Morgan fingerprint density at radius 2 is 1.80 bits per heavy atom. The Bertz CT molecular complexity index is 724. The summed E-state index contributed by atoms with van der Waals surface area (Å²) >= 11 is 0. The van der Waals surface area contributed by atoms with E-state index in [2.05, 4.69) is 17.0 Å². The number of benzene rings is 2. The van der Waals surface area contributed by atoms with Gasteiger partial charge in [-0.25, -0.2) is 4.39 Å². The Hall–Kier alpha value is -2.80. The predicted molar refractivity (Wildman–Crippen MR) is 74.3 cm³/mol. The topological polar surface area (TPSA) is 46.5 Å². The van der Waals surface area contributed by atoms with Crippen molar-refractivity contribution in [3.05, 3.63) is 69.9 Å². The van der Waals surface area contributed by atoms with Crippen LogP contribution in [0.5, 0.6) is 0 Å². The molecule has 2 aromatic carbocycles. The van der Waals surface area contributed by atoms with Gasteiger partial charge >= 0.3 is 0 Å². The highest BCUT2D eigenvalue weighted by Crippen LogP contribution is 2.20. The lowest BCUT2D eigenvalue weighted by Crippen LogP contribution is -1.92. The quantitative estimate of drug-likeness (QED) is 0.471. The molecule has 2 aromatic rings. The Kier molecular flexibility index (Phi) is 4.02.